The molecule has 2 atom stereocenters. The Morgan fingerprint density at radius 3 is 0.955 bits per heavy atom. The second kappa shape index (κ2) is 22.3. The van der Waals surface area contributed by atoms with Gasteiger partial charge in [0.1, 0.15) is 0 Å². The van der Waals surface area contributed by atoms with Crippen molar-refractivity contribution in [3.8, 4) is 44.5 Å². The van der Waals surface area contributed by atoms with Crippen molar-refractivity contribution in [2.45, 2.75) is 135 Å². The molecular formula is C62H76Cl2SiZr. The van der Waals surface area contributed by atoms with Gasteiger partial charge in [0.25, 0.3) is 0 Å². The Labute approximate surface area is 414 Å². The Morgan fingerprint density at radius 2 is 0.652 bits per heavy atom. The van der Waals surface area contributed by atoms with E-state index in [1.165, 1.54) is 155 Å². The van der Waals surface area contributed by atoms with Gasteiger partial charge in [0.15, 0.2) is 0 Å². The van der Waals surface area contributed by atoms with Crippen molar-refractivity contribution >= 4 is 43.8 Å². The zero-order valence-electron chi connectivity index (χ0n) is 41.4. The molecule has 0 nitrogen and oxygen atoms in total. The van der Waals surface area contributed by atoms with Gasteiger partial charge in [0.05, 0.1) is 0 Å². The summed E-state index contributed by atoms with van der Waals surface area (Å²) in [5, 5.41) is 0. The molecular weight excluding hydrogens is 935 g/mol. The van der Waals surface area contributed by atoms with E-state index in [1.807, 2.05) is 0 Å². The molecule has 2 unspecified atom stereocenters. The van der Waals surface area contributed by atoms with E-state index in [9.17, 15) is 0 Å². The molecule has 0 fully saturated rings. The third kappa shape index (κ3) is 10.8. The minimum absolute atomic E-state index is 0. The fraction of sp³-hybridized carbons (Fsp3) is 0.355. The Kier molecular flexibility index (Phi) is 17.5. The van der Waals surface area contributed by atoms with E-state index in [0.717, 1.165) is 0 Å². The molecule has 0 aromatic heterocycles. The summed E-state index contributed by atoms with van der Waals surface area (Å²) in [5.41, 5.74) is 26.0. The smallest absolute Gasteiger partial charge is 0.147 e. The molecule has 6 aromatic rings. The SMILES string of the molecule is CCCCCCCC1=Cc2c(-c3ccc(C)cc3)ccc(-c3ccc(C)cc3)c2[CH]1[Zr]([CH3])([CH3])(=[SiH2])[CH]1C(CCCCCCC)=Cc2c(-c3ccc(C)cc3)ccc(-c3ccc(C)cc3)c21.Cl.Cl. The van der Waals surface area contributed by atoms with Crippen molar-refractivity contribution in [1.82, 2.24) is 0 Å². The normalized spacial score (nSPS) is 15.3. The maximum absolute atomic E-state index is 4.22. The van der Waals surface area contributed by atoms with E-state index in [2.05, 4.69) is 191 Å². The van der Waals surface area contributed by atoms with Gasteiger partial charge in [-0.05, 0) is 0 Å². The first kappa shape index (κ1) is 51.9. The molecule has 0 radical (unpaired) electrons. The Morgan fingerprint density at radius 1 is 0.379 bits per heavy atom. The van der Waals surface area contributed by atoms with Crippen LogP contribution in [-0.4, -0.2) is 6.88 Å². The van der Waals surface area contributed by atoms with Gasteiger partial charge >= 0.3 is 393 Å². The fourth-order valence-corrected chi connectivity index (χ4v) is 31.3. The first-order valence-electron chi connectivity index (χ1n) is 25.0. The van der Waals surface area contributed by atoms with Gasteiger partial charge in [-0.2, -0.15) is 0 Å². The zero-order valence-corrected chi connectivity index (χ0v) is 46.9. The van der Waals surface area contributed by atoms with Crippen molar-refractivity contribution in [1.29, 1.82) is 0 Å². The molecule has 6 aromatic carbocycles. The quantitative estimate of drug-likeness (QED) is 0.0595. The summed E-state index contributed by atoms with van der Waals surface area (Å²) < 4.78 is 6.64. The number of benzene rings is 6. The molecule has 2 aliphatic carbocycles. The first-order valence-corrected chi connectivity index (χ1v) is 38.6. The minimum atomic E-state index is -4.22. The fourth-order valence-electron chi connectivity index (χ4n) is 11.7. The molecule has 0 aliphatic heterocycles. The maximum Gasteiger partial charge on any atom is -0.147 e. The van der Waals surface area contributed by atoms with Gasteiger partial charge in [-0.1, -0.05) is 0 Å². The number of hydrogen-bond acceptors (Lipinski definition) is 0. The van der Waals surface area contributed by atoms with Crippen molar-refractivity contribution in [2.24, 2.45) is 0 Å². The van der Waals surface area contributed by atoms with Crippen LogP contribution in [0.5, 0.6) is 0 Å². The van der Waals surface area contributed by atoms with Crippen LogP contribution >= 0.6 is 24.8 Å². The molecule has 0 heterocycles. The molecule has 0 amide bonds. The zero-order chi connectivity index (χ0) is 45.0. The predicted molar refractivity (Wildman–Crippen MR) is 297 cm³/mol. The molecule has 0 spiro atoms. The number of halogens is 2. The van der Waals surface area contributed by atoms with Gasteiger partial charge in [-0.15, -0.1) is 24.8 Å². The average Bonchev–Trinajstić information content (AvgIpc) is 3.88. The van der Waals surface area contributed by atoms with Crippen LogP contribution in [0, 0.1) is 27.7 Å². The Hall–Kier alpha value is -3.52. The van der Waals surface area contributed by atoms with Gasteiger partial charge < -0.3 is 0 Å². The molecule has 4 heteroatoms. The molecule has 0 saturated carbocycles. The van der Waals surface area contributed by atoms with E-state index in [1.54, 1.807) is 22.3 Å². The molecule has 2 aliphatic rings. The number of hydrogen-bond donors (Lipinski definition) is 0. The summed E-state index contributed by atoms with van der Waals surface area (Å²) in [5.74, 6) is 0. The summed E-state index contributed by atoms with van der Waals surface area (Å²) in [7, 11) is 0. The van der Waals surface area contributed by atoms with Crippen LogP contribution in [-0.2, 0) is 17.4 Å². The number of unbranched alkanes of at least 4 members (excludes halogenated alkanes) is 8. The van der Waals surface area contributed by atoms with Crippen molar-refractivity contribution in [3.05, 3.63) is 177 Å². The van der Waals surface area contributed by atoms with Crippen LogP contribution in [0.3, 0.4) is 0 Å². The second-order valence-corrected chi connectivity index (χ2v) is 51.5. The second-order valence-electron chi connectivity index (χ2n) is 21.0. The van der Waals surface area contributed by atoms with Crippen molar-refractivity contribution in [3.63, 3.8) is 0 Å². The van der Waals surface area contributed by atoms with E-state index in [0.29, 0.717) is 7.25 Å². The van der Waals surface area contributed by atoms with Crippen LogP contribution in [0.25, 0.3) is 56.7 Å². The number of fused-ring (bicyclic) bond motifs is 2. The van der Waals surface area contributed by atoms with Gasteiger partial charge in [0, 0.05) is 0 Å². The van der Waals surface area contributed by atoms with Gasteiger partial charge in [0.2, 0.25) is 0 Å². The summed E-state index contributed by atoms with van der Waals surface area (Å²) in [6, 6.07) is 47.5. The van der Waals surface area contributed by atoms with Crippen LogP contribution in [0.15, 0.2) is 132 Å². The van der Waals surface area contributed by atoms with E-state index >= 15 is 0 Å². The molecule has 66 heavy (non-hydrogen) atoms. The molecule has 8 rings (SSSR count). The van der Waals surface area contributed by atoms with Gasteiger partial charge in [-0.25, -0.2) is 0 Å². The molecule has 0 bridgehead atoms. The van der Waals surface area contributed by atoms with Gasteiger partial charge in [-0.3, -0.25) is 0 Å². The van der Waals surface area contributed by atoms with Crippen LogP contribution in [0.2, 0.25) is 9.26 Å². The van der Waals surface area contributed by atoms with E-state index < -0.39 is 17.4 Å². The monoisotopic (exact) mass is 1010 g/mol. The molecule has 346 valence electrons. The number of aryl methyl sites for hydroxylation is 4. The van der Waals surface area contributed by atoms with Crippen LogP contribution in [0.4, 0.5) is 0 Å². The summed E-state index contributed by atoms with van der Waals surface area (Å²) in [6.45, 7) is 16.1. The minimum Gasteiger partial charge on any atom is -0.147 e. The summed E-state index contributed by atoms with van der Waals surface area (Å²) >= 11 is -4.22. The molecule has 0 N–H and O–H groups in total. The third-order valence-electron chi connectivity index (χ3n) is 15.0. The standard InChI is InChI=1S/2C30H33.2CH3.2ClH.H2Si.Zr/c2*1-4-5-6-7-8-9-24-20-29-27(25-14-10-22(2)11-15-25)18-19-28(30(29)21-24)26-16-12-23(3)13-17-26;;;;;;/h2*10-21H,4-9H2,1-3H3;2*1H3;2*1H;1H2;. The number of allylic oxidation sites excluding steroid dienone is 2. The van der Waals surface area contributed by atoms with Crippen molar-refractivity contribution < 1.29 is 17.4 Å². The summed E-state index contributed by atoms with van der Waals surface area (Å²) in [4.78, 5) is 0. The third-order valence-corrected chi connectivity index (χ3v) is 32.4. The predicted octanol–water partition coefficient (Wildman–Crippen LogP) is 19.1. The topological polar surface area (TPSA) is 0 Å². The van der Waals surface area contributed by atoms with Crippen LogP contribution < -0.4 is 0 Å². The Balaban J connectivity index is 0.00000360. The Bertz CT molecular complexity index is 2550. The van der Waals surface area contributed by atoms with E-state index in [-0.39, 0.29) is 24.8 Å². The van der Waals surface area contributed by atoms with Crippen molar-refractivity contribution in [2.75, 3.05) is 0 Å². The van der Waals surface area contributed by atoms with Crippen LogP contribution in [0.1, 0.15) is 143 Å². The average molecular weight is 1010 g/mol. The maximum atomic E-state index is 2.91. The largest absolute Gasteiger partial charge is 0.147 e. The summed E-state index contributed by atoms with van der Waals surface area (Å²) in [6.07, 6.45) is 20.9. The van der Waals surface area contributed by atoms with E-state index in [4.69, 9.17) is 0 Å². The molecule has 0 saturated heterocycles. The number of rotatable bonds is 18. The first-order chi connectivity index (χ1) is 30.9.